The third kappa shape index (κ3) is 3.60. The summed E-state index contributed by atoms with van der Waals surface area (Å²) in [6.07, 6.45) is -0.646. The van der Waals surface area contributed by atoms with Crippen LogP contribution in [0.15, 0.2) is 59.1 Å². The van der Waals surface area contributed by atoms with Crippen LogP contribution in [0.3, 0.4) is 0 Å². The molecule has 1 amide bonds. The Morgan fingerprint density at radius 1 is 1.19 bits per heavy atom. The van der Waals surface area contributed by atoms with Crippen LogP contribution in [0.25, 0.3) is 11.3 Å². The molecule has 0 aliphatic carbocycles. The minimum Gasteiger partial charge on any atom is -0.497 e. The quantitative estimate of drug-likeness (QED) is 0.712. The highest BCUT2D eigenvalue weighted by Gasteiger charge is 2.25. The maximum atomic E-state index is 12.4. The van der Waals surface area contributed by atoms with Crippen molar-refractivity contribution in [1.29, 1.82) is 0 Å². The zero-order valence-electron chi connectivity index (χ0n) is 14.6. The molecule has 0 saturated heterocycles. The van der Waals surface area contributed by atoms with Gasteiger partial charge in [-0.15, -0.1) is 0 Å². The summed E-state index contributed by atoms with van der Waals surface area (Å²) < 4.78 is 10.6. The second kappa shape index (κ2) is 7.84. The standard InChI is InChI=1S/C20H20N2O4/c1-21-20(24)18-17(12-16(23)13-6-4-3-5-7-13)26-22-19(18)14-8-10-15(25-2)11-9-14/h3-11,16,23H,12H2,1-2H3,(H,21,24). The van der Waals surface area contributed by atoms with E-state index in [0.717, 1.165) is 11.1 Å². The molecule has 26 heavy (non-hydrogen) atoms. The lowest BCUT2D eigenvalue weighted by Gasteiger charge is -2.10. The van der Waals surface area contributed by atoms with Crippen LogP contribution in [-0.4, -0.2) is 30.3 Å². The van der Waals surface area contributed by atoms with Crippen LogP contribution in [0.2, 0.25) is 0 Å². The molecule has 1 heterocycles. The van der Waals surface area contributed by atoms with Crippen LogP contribution >= 0.6 is 0 Å². The van der Waals surface area contributed by atoms with Gasteiger partial charge < -0.3 is 19.7 Å². The van der Waals surface area contributed by atoms with E-state index in [1.54, 1.807) is 38.4 Å². The number of carbonyl (C=O) groups excluding carboxylic acids is 1. The molecule has 0 bridgehead atoms. The first-order valence-electron chi connectivity index (χ1n) is 8.22. The van der Waals surface area contributed by atoms with E-state index in [-0.39, 0.29) is 12.3 Å². The summed E-state index contributed by atoms with van der Waals surface area (Å²) in [5.74, 6) is 0.734. The Morgan fingerprint density at radius 3 is 2.50 bits per heavy atom. The Labute approximate surface area is 151 Å². The fourth-order valence-corrected chi connectivity index (χ4v) is 2.74. The third-order valence-electron chi connectivity index (χ3n) is 4.14. The molecule has 0 fully saturated rings. The van der Waals surface area contributed by atoms with Crippen LogP contribution in [-0.2, 0) is 6.42 Å². The van der Waals surface area contributed by atoms with Crippen molar-refractivity contribution in [1.82, 2.24) is 10.5 Å². The summed E-state index contributed by atoms with van der Waals surface area (Å²) in [5.41, 5.74) is 2.24. The van der Waals surface area contributed by atoms with E-state index >= 15 is 0 Å². The Hall–Kier alpha value is -3.12. The fraction of sp³-hybridized carbons (Fsp3) is 0.200. The summed E-state index contributed by atoms with van der Waals surface area (Å²) in [6.45, 7) is 0. The minimum absolute atomic E-state index is 0.149. The largest absolute Gasteiger partial charge is 0.497 e. The molecular weight excluding hydrogens is 332 g/mol. The number of hydrogen-bond donors (Lipinski definition) is 2. The number of aliphatic hydroxyl groups excluding tert-OH is 1. The zero-order chi connectivity index (χ0) is 18.5. The molecule has 134 valence electrons. The van der Waals surface area contributed by atoms with E-state index < -0.39 is 6.10 Å². The lowest BCUT2D eigenvalue weighted by Crippen LogP contribution is -2.20. The predicted octanol–water partition coefficient (Wildman–Crippen LogP) is 2.99. The predicted molar refractivity (Wildman–Crippen MR) is 97.0 cm³/mol. The van der Waals surface area contributed by atoms with Gasteiger partial charge in [0.05, 0.1) is 13.2 Å². The monoisotopic (exact) mass is 352 g/mol. The summed E-state index contributed by atoms with van der Waals surface area (Å²) >= 11 is 0. The number of rotatable bonds is 6. The smallest absolute Gasteiger partial charge is 0.256 e. The highest BCUT2D eigenvalue weighted by atomic mass is 16.5. The molecular formula is C20H20N2O4. The van der Waals surface area contributed by atoms with E-state index in [1.165, 1.54) is 0 Å². The molecule has 2 aromatic carbocycles. The maximum absolute atomic E-state index is 12.4. The van der Waals surface area contributed by atoms with Gasteiger partial charge in [0.2, 0.25) is 0 Å². The number of ether oxygens (including phenoxy) is 1. The first kappa shape index (κ1) is 17.7. The van der Waals surface area contributed by atoms with Gasteiger partial charge in [-0.1, -0.05) is 35.5 Å². The second-order valence-corrected chi connectivity index (χ2v) is 5.77. The molecule has 0 spiro atoms. The summed E-state index contributed by atoms with van der Waals surface area (Å²) in [4.78, 5) is 12.4. The topological polar surface area (TPSA) is 84.6 Å². The van der Waals surface area contributed by atoms with E-state index in [1.807, 2.05) is 30.3 Å². The van der Waals surface area contributed by atoms with Crippen molar-refractivity contribution in [3.05, 3.63) is 71.5 Å². The molecule has 0 saturated carbocycles. The minimum atomic E-state index is -0.795. The average Bonchev–Trinajstić information content (AvgIpc) is 3.11. The van der Waals surface area contributed by atoms with Crippen molar-refractivity contribution in [3.8, 4) is 17.0 Å². The molecule has 1 atom stereocenters. The lowest BCUT2D eigenvalue weighted by atomic mass is 10.00. The normalized spacial score (nSPS) is 11.8. The van der Waals surface area contributed by atoms with Gasteiger partial charge in [0, 0.05) is 19.0 Å². The van der Waals surface area contributed by atoms with Gasteiger partial charge in [-0.2, -0.15) is 0 Å². The van der Waals surface area contributed by atoms with Gasteiger partial charge in [0.1, 0.15) is 17.0 Å². The first-order chi connectivity index (χ1) is 12.6. The number of methoxy groups -OCH3 is 1. The van der Waals surface area contributed by atoms with Gasteiger partial charge in [0.25, 0.3) is 5.91 Å². The van der Waals surface area contributed by atoms with Crippen molar-refractivity contribution in [2.24, 2.45) is 0 Å². The summed E-state index contributed by atoms with van der Waals surface area (Å²) in [7, 11) is 3.13. The number of aromatic nitrogens is 1. The molecule has 6 heteroatoms. The molecule has 3 rings (SSSR count). The molecule has 1 unspecified atom stereocenters. The van der Waals surface area contributed by atoms with Crippen molar-refractivity contribution in [2.75, 3.05) is 14.2 Å². The molecule has 6 nitrogen and oxygen atoms in total. The average molecular weight is 352 g/mol. The first-order valence-corrected chi connectivity index (χ1v) is 8.22. The fourth-order valence-electron chi connectivity index (χ4n) is 2.74. The SMILES string of the molecule is CNC(=O)c1c(-c2ccc(OC)cc2)noc1CC(O)c1ccccc1. The van der Waals surface area contributed by atoms with E-state index in [9.17, 15) is 9.90 Å². The Morgan fingerprint density at radius 2 is 1.88 bits per heavy atom. The lowest BCUT2D eigenvalue weighted by molar-refractivity contribution is 0.0959. The maximum Gasteiger partial charge on any atom is 0.256 e. The van der Waals surface area contributed by atoms with Crippen LogP contribution in [0.5, 0.6) is 5.75 Å². The highest BCUT2D eigenvalue weighted by Crippen LogP contribution is 2.29. The number of benzene rings is 2. The molecule has 0 radical (unpaired) electrons. The highest BCUT2D eigenvalue weighted by molar-refractivity contribution is 6.00. The van der Waals surface area contributed by atoms with Gasteiger partial charge >= 0.3 is 0 Å². The van der Waals surface area contributed by atoms with Crippen molar-refractivity contribution >= 4 is 5.91 Å². The van der Waals surface area contributed by atoms with Gasteiger partial charge in [0.15, 0.2) is 5.76 Å². The number of nitrogens with zero attached hydrogens (tertiary/aromatic N) is 1. The van der Waals surface area contributed by atoms with Crippen LogP contribution < -0.4 is 10.1 Å². The number of amides is 1. The zero-order valence-corrected chi connectivity index (χ0v) is 14.6. The van der Waals surface area contributed by atoms with Gasteiger partial charge in [-0.05, 0) is 29.8 Å². The molecule has 0 aliphatic heterocycles. The van der Waals surface area contributed by atoms with Crippen molar-refractivity contribution < 1.29 is 19.2 Å². The van der Waals surface area contributed by atoms with Crippen molar-refractivity contribution in [3.63, 3.8) is 0 Å². The number of aliphatic hydroxyl groups is 1. The third-order valence-corrected chi connectivity index (χ3v) is 4.14. The molecule has 1 aromatic heterocycles. The van der Waals surface area contributed by atoms with Crippen LogP contribution in [0.1, 0.15) is 27.8 Å². The molecule has 3 aromatic rings. The van der Waals surface area contributed by atoms with Crippen LogP contribution in [0.4, 0.5) is 0 Å². The molecule has 0 aliphatic rings. The number of hydrogen-bond acceptors (Lipinski definition) is 5. The van der Waals surface area contributed by atoms with E-state index in [4.69, 9.17) is 9.26 Å². The molecule has 2 N–H and O–H groups in total. The summed E-state index contributed by atoms with van der Waals surface area (Å²) in [5, 5.41) is 17.1. The van der Waals surface area contributed by atoms with E-state index in [2.05, 4.69) is 10.5 Å². The van der Waals surface area contributed by atoms with Gasteiger partial charge in [-0.3, -0.25) is 4.79 Å². The Kier molecular flexibility index (Phi) is 5.34. The second-order valence-electron chi connectivity index (χ2n) is 5.77. The Bertz CT molecular complexity index is 873. The van der Waals surface area contributed by atoms with E-state index in [0.29, 0.717) is 22.8 Å². The number of carbonyl (C=O) groups is 1. The van der Waals surface area contributed by atoms with Gasteiger partial charge in [-0.25, -0.2) is 0 Å². The summed E-state index contributed by atoms with van der Waals surface area (Å²) in [6, 6.07) is 16.4. The Balaban J connectivity index is 1.95. The number of nitrogens with one attached hydrogen (secondary N) is 1. The van der Waals surface area contributed by atoms with Crippen LogP contribution in [0, 0.1) is 0 Å². The van der Waals surface area contributed by atoms with Crippen molar-refractivity contribution in [2.45, 2.75) is 12.5 Å².